The van der Waals surface area contributed by atoms with Gasteiger partial charge in [0.15, 0.2) is 0 Å². The standard InChI is InChI=1S/C16H20BNO4.C10H8BrNO2/c1-15(2)16(3,4)22-17(21-15)12-7-6-11(14(19)20-5)13-10(12)8-9-18-13;1-14-10(13)7-2-3-8(11)6-4-5-12-9(6)7/h6-9,18H,1-5H3;2-5,12H,1H3. The van der Waals surface area contributed by atoms with Gasteiger partial charge in [0, 0.05) is 27.6 Å². The van der Waals surface area contributed by atoms with Crippen molar-refractivity contribution in [3.8, 4) is 0 Å². The smallest absolute Gasteiger partial charge is 0.465 e. The van der Waals surface area contributed by atoms with Gasteiger partial charge in [-0.25, -0.2) is 9.59 Å². The van der Waals surface area contributed by atoms with Crippen LogP contribution in [0.2, 0.25) is 0 Å². The number of methoxy groups -OCH3 is 2. The van der Waals surface area contributed by atoms with E-state index in [0.29, 0.717) is 11.1 Å². The van der Waals surface area contributed by atoms with Crippen LogP contribution >= 0.6 is 15.9 Å². The quantitative estimate of drug-likeness (QED) is 0.274. The molecule has 3 heterocycles. The van der Waals surface area contributed by atoms with Crippen molar-refractivity contribution in [1.29, 1.82) is 0 Å². The van der Waals surface area contributed by atoms with Crippen LogP contribution in [0.15, 0.2) is 53.3 Å². The maximum absolute atomic E-state index is 11.9. The van der Waals surface area contributed by atoms with Gasteiger partial charge in [-0.2, -0.15) is 0 Å². The Morgan fingerprint density at radius 2 is 1.25 bits per heavy atom. The van der Waals surface area contributed by atoms with Gasteiger partial charge < -0.3 is 28.8 Å². The van der Waals surface area contributed by atoms with Crippen molar-refractivity contribution in [3.63, 3.8) is 0 Å². The van der Waals surface area contributed by atoms with E-state index in [-0.39, 0.29) is 11.9 Å². The van der Waals surface area contributed by atoms with Gasteiger partial charge in [-0.05, 0) is 63.5 Å². The van der Waals surface area contributed by atoms with E-state index < -0.39 is 18.3 Å². The molecule has 0 atom stereocenters. The minimum atomic E-state index is -0.463. The molecule has 5 rings (SSSR count). The summed E-state index contributed by atoms with van der Waals surface area (Å²) < 4.78 is 22.7. The summed E-state index contributed by atoms with van der Waals surface area (Å²) in [6, 6.07) is 11.0. The van der Waals surface area contributed by atoms with Crippen LogP contribution in [0, 0.1) is 0 Å². The average molecular weight is 555 g/mol. The summed E-state index contributed by atoms with van der Waals surface area (Å²) >= 11 is 3.41. The number of carbonyl (C=O) groups is 2. The van der Waals surface area contributed by atoms with Gasteiger partial charge in [-0.1, -0.05) is 22.0 Å². The van der Waals surface area contributed by atoms with Gasteiger partial charge >= 0.3 is 19.1 Å². The molecule has 2 aromatic heterocycles. The highest BCUT2D eigenvalue weighted by atomic mass is 79.9. The molecule has 1 aliphatic rings. The molecule has 0 unspecified atom stereocenters. The van der Waals surface area contributed by atoms with Crippen LogP contribution in [0.5, 0.6) is 0 Å². The molecule has 2 aromatic carbocycles. The zero-order valence-electron chi connectivity index (χ0n) is 21.0. The number of carbonyl (C=O) groups excluding carboxylic acids is 2. The number of halogens is 1. The van der Waals surface area contributed by atoms with Gasteiger partial charge in [-0.15, -0.1) is 0 Å². The highest BCUT2D eigenvalue weighted by molar-refractivity contribution is 9.10. The lowest BCUT2D eigenvalue weighted by Crippen LogP contribution is -2.41. The van der Waals surface area contributed by atoms with Gasteiger partial charge in [0.2, 0.25) is 0 Å². The number of hydrogen-bond donors (Lipinski definition) is 2. The molecule has 1 aliphatic heterocycles. The molecular formula is C26H28BBrN2O6. The number of esters is 2. The summed E-state index contributed by atoms with van der Waals surface area (Å²) in [7, 11) is 2.29. The molecular weight excluding hydrogens is 527 g/mol. The van der Waals surface area contributed by atoms with E-state index in [1.54, 1.807) is 24.5 Å². The third-order valence-corrected chi connectivity index (χ3v) is 7.44. The minimum absolute atomic E-state index is 0.329. The molecule has 0 bridgehead atoms. The number of nitrogens with one attached hydrogen (secondary N) is 2. The van der Waals surface area contributed by atoms with Crippen LogP contribution in [-0.2, 0) is 18.8 Å². The van der Waals surface area contributed by atoms with E-state index in [9.17, 15) is 9.59 Å². The number of rotatable bonds is 3. The van der Waals surface area contributed by atoms with Crippen molar-refractivity contribution in [2.45, 2.75) is 38.9 Å². The third kappa shape index (κ3) is 4.56. The Labute approximate surface area is 217 Å². The number of hydrogen-bond acceptors (Lipinski definition) is 6. The first-order chi connectivity index (χ1) is 17.0. The number of benzene rings is 2. The molecule has 1 saturated heterocycles. The summed E-state index contributed by atoms with van der Waals surface area (Å²) in [4.78, 5) is 29.3. The van der Waals surface area contributed by atoms with Crippen LogP contribution in [-0.4, -0.2) is 54.4 Å². The number of aromatic nitrogens is 2. The first kappa shape index (κ1) is 26.0. The second-order valence-corrected chi connectivity index (χ2v) is 10.3. The second kappa shape index (κ2) is 9.76. The highest BCUT2D eigenvalue weighted by Gasteiger charge is 2.52. The molecule has 8 nitrogen and oxygen atoms in total. The average Bonchev–Trinajstić information content (AvgIpc) is 3.57. The molecule has 0 radical (unpaired) electrons. The van der Waals surface area contributed by atoms with Crippen molar-refractivity contribution in [2.24, 2.45) is 0 Å². The fourth-order valence-corrected chi connectivity index (χ4v) is 4.50. The highest BCUT2D eigenvalue weighted by Crippen LogP contribution is 2.37. The van der Waals surface area contributed by atoms with Crippen molar-refractivity contribution in [1.82, 2.24) is 9.97 Å². The van der Waals surface area contributed by atoms with E-state index in [2.05, 4.69) is 30.6 Å². The van der Waals surface area contributed by atoms with E-state index in [1.165, 1.54) is 14.2 Å². The minimum Gasteiger partial charge on any atom is -0.465 e. The number of H-pyrrole nitrogens is 2. The number of aromatic amines is 2. The fraction of sp³-hybridized carbons (Fsp3) is 0.308. The van der Waals surface area contributed by atoms with Crippen molar-refractivity contribution in [3.05, 3.63) is 64.4 Å². The second-order valence-electron chi connectivity index (χ2n) is 9.40. The number of ether oxygens (including phenoxy) is 2. The summed E-state index contributed by atoms with van der Waals surface area (Å²) in [6.45, 7) is 8.07. The van der Waals surface area contributed by atoms with Crippen LogP contribution in [0.4, 0.5) is 0 Å². The van der Waals surface area contributed by atoms with Gasteiger partial charge in [0.25, 0.3) is 0 Å². The molecule has 0 spiro atoms. The lowest BCUT2D eigenvalue weighted by Gasteiger charge is -2.32. The van der Waals surface area contributed by atoms with Crippen LogP contribution in [0.3, 0.4) is 0 Å². The Kier molecular flexibility index (Phi) is 7.05. The molecule has 2 N–H and O–H groups in total. The molecule has 36 heavy (non-hydrogen) atoms. The van der Waals surface area contributed by atoms with Crippen molar-refractivity contribution < 1.29 is 28.4 Å². The van der Waals surface area contributed by atoms with Gasteiger partial charge in [0.05, 0.1) is 47.6 Å². The van der Waals surface area contributed by atoms with Crippen molar-refractivity contribution in [2.75, 3.05) is 14.2 Å². The molecule has 1 fully saturated rings. The predicted octanol–water partition coefficient (Wildman–Crippen LogP) is 4.97. The zero-order valence-corrected chi connectivity index (χ0v) is 22.6. The molecule has 4 aromatic rings. The summed E-state index contributed by atoms with van der Waals surface area (Å²) in [5.74, 6) is -0.696. The summed E-state index contributed by atoms with van der Waals surface area (Å²) in [6.07, 6.45) is 3.59. The summed E-state index contributed by atoms with van der Waals surface area (Å²) in [5.41, 5.74) is 2.69. The Morgan fingerprint density at radius 1 is 0.778 bits per heavy atom. The van der Waals surface area contributed by atoms with E-state index >= 15 is 0 Å². The Balaban J connectivity index is 0.000000187. The molecule has 0 saturated carbocycles. The molecule has 0 amide bonds. The molecule has 0 aliphatic carbocycles. The predicted molar refractivity (Wildman–Crippen MR) is 143 cm³/mol. The maximum Gasteiger partial charge on any atom is 0.495 e. The zero-order chi connectivity index (χ0) is 26.3. The topological polar surface area (TPSA) is 103 Å². The maximum atomic E-state index is 11.9. The van der Waals surface area contributed by atoms with Crippen LogP contribution in [0.25, 0.3) is 21.8 Å². The Bertz CT molecular complexity index is 1430. The normalized spacial score (nSPS) is 16.0. The van der Waals surface area contributed by atoms with Crippen LogP contribution in [0.1, 0.15) is 48.4 Å². The van der Waals surface area contributed by atoms with E-state index in [1.807, 2.05) is 52.0 Å². The molecule has 188 valence electrons. The Morgan fingerprint density at radius 3 is 1.78 bits per heavy atom. The summed E-state index contributed by atoms with van der Waals surface area (Å²) in [5, 5.41) is 1.88. The third-order valence-electron chi connectivity index (χ3n) is 6.74. The largest absolute Gasteiger partial charge is 0.495 e. The molecule has 10 heteroatoms. The van der Waals surface area contributed by atoms with E-state index in [0.717, 1.165) is 31.7 Å². The van der Waals surface area contributed by atoms with Crippen LogP contribution < -0.4 is 5.46 Å². The first-order valence-corrected chi connectivity index (χ1v) is 12.2. The first-order valence-electron chi connectivity index (χ1n) is 11.4. The Hall–Kier alpha value is -3.08. The fourth-order valence-electron chi connectivity index (χ4n) is 4.04. The number of fused-ring (bicyclic) bond motifs is 2. The van der Waals surface area contributed by atoms with E-state index in [4.69, 9.17) is 14.0 Å². The van der Waals surface area contributed by atoms with Gasteiger partial charge in [-0.3, -0.25) is 0 Å². The van der Waals surface area contributed by atoms with Crippen molar-refractivity contribution >= 4 is 62.3 Å². The lowest BCUT2D eigenvalue weighted by atomic mass is 9.76. The van der Waals surface area contributed by atoms with Gasteiger partial charge in [0.1, 0.15) is 0 Å². The lowest BCUT2D eigenvalue weighted by molar-refractivity contribution is 0.00578. The monoisotopic (exact) mass is 554 g/mol. The SMILES string of the molecule is COC(=O)c1ccc(B2OC(C)(C)C(C)(C)O2)c2cc[nH]c12.COC(=O)c1ccc(Br)c2cc[nH]c12.